The molecule has 0 bridgehead atoms. The van der Waals surface area contributed by atoms with Crippen LogP contribution in [0.15, 0.2) is 48.6 Å². The summed E-state index contributed by atoms with van der Waals surface area (Å²) in [5, 5.41) is 0. The van der Waals surface area contributed by atoms with Gasteiger partial charge in [0.25, 0.3) is 0 Å². The molecule has 0 radical (unpaired) electrons. The Balaban J connectivity index is 2.15. The largest absolute Gasteiger partial charge is 0.374 e. The van der Waals surface area contributed by atoms with Gasteiger partial charge in [-0.05, 0) is 77.0 Å². The highest BCUT2D eigenvalue weighted by molar-refractivity contribution is 5.75. The number of amides is 1. The zero-order chi connectivity index (χ0) is 36.2. The van der Waals surface area contributed by atoms with Crippen LogP contribution in [0.25, 0.3) is 0 Å². The SMILES string of the molecule is CCCCCC=CCC=CCCCCCCCCO[C@@H]1CN(CCC(=O)N(C)C)C[C@H]1OCCCCCCCCC=CCC=CCCCCC. The van der Waals surface area contributed by atoms with Crippen molar-refractivity contribution in [1.29, 1.82) is 0 Å². The van der Waals surface area contributed by atoms with E-state index in [0.29, 0.717) is 6.42 Å². The minimum atomic E-state index is 0.118. The zero-order valence-electron chi connectivity index (χ0n) is 33.6. The quantitative estimate of drug-likeness (QED) is 0.0488. The van der Waals surface area contributed by atoms with E-state index in [4.69, 9.17) is 9.47 Å². The van der Waals surface area contributed by atoms with E-state index in [0.717, 1.165) is 58.5 Å². The molecule has 290 valence electrons. The maximum absolute atomic E-state index is 12.2. The number of nitrogens with zero attached hydrogens (tertiary/aromatic N) is 2. The van der Waals surface area contributed by atoms with Crippen molar-refractivity contribution in [2.24, 2.45) is 0 Å². The summed E-state index contributed by atoms with van der Waals surface area (Å²) in [4.78, 5) is 16.2. The second kappa shape index (κ2) is 35.7. The lowest BCUT2D eigenvalue weighted by Crippen LogP contribution is -2.30. The van der Waals surface area contributed by atoms with Crippen molar-refractivity contribution < 1.29 is 14.3 Å². The third kappa shape index (κ3) is 28.9. The number of ether oxygens (including phenoxy) is 2. The van der Waals surface area contributed by atoms with Gasteiger partial charge in [-0.25, -0.2) is 0 Å². The van der Waals surface area contributed by atoms with Crippen molar-refractivity contribution in [3.05, 3.63) is 48.6 Å². The van der Waals surface area contributed by atoms with Gasteiger partial charge in [-0.15, -0.1) is 0 Å². The van der Waals surface area contributed by atoms with Crippen LogP contribution in [0.2, 0.25) is 0 Å². The number of allylic oxidation sites excluding steroid dienone is 8. The molecule has 1 aliphatic rings. The summed E-state index contributed by atoms with van der Waals surface area (Å²) in [6.45, 7) is 8.68. The van der Waals surface area contributed by atoms with E-state index in [2.05, 4.69) is 67.4 Å². The fourth-order valence-corrected chi connectivity index (χ4v) is 6.45. The van der Waals surface area contributed by atoms with Crippen LogP contribution in [0, 0.1) is 0 Å². The first-order chi connectivity index (χ1) is 24.6. The summed E-state index contributed by atoms with van der Waals surface area (Å²) in [6.07, 6.45) is 49.7. The first-order valence-electron chi connectivity index (χ1n) is 21.3. The van der Waals surface area contributed by atoms with Gasteiger partial charge in [0.2, 0.25) is 5.91 Å². The topological polar surface area (TPSA) is 42.0 Å². The Hall–Kier alpha value is -1.69. The molecule has 0 aromatic rings. The minimum Gasteiger partial charge on any atom is -0.374 e. The predicted octanol–water partition coefficient (Wildman–Crippen LogP) is 12.2. The van der Waals surface area contributed by atoms with Crippen LogP contribution >= 0.6 is 0 Å². The molecular formula is C45H82N2O3. The lowest BCUT2D eigenvalue weighted by atomic mass is 10.1. The molecule has 0 saturated carbocycles. The fourth-order valence-electron chi connectivity index (χ4n) is 6.45. The summed E-state index contributed by atoms with van der Waals surface area (Å²) in [5.74, 6) is 0.189. The van der Waals surface area contributed by atoms with Crippen LogP contribution in [0.4, 0.5) is 0 Å². The fraction of sp³-hybridized carbons (Fsp3) is 0.800. The summed E-state index contributed by atoms with van der Waals surface area (Å²) >= 11 is 0. The highest BCUT2D eigenvalue weighted by Gasteiger charge is 2.34. The number of carbonyl (C=O) groups excluding carboxylic acids is 1. The monoisotopic (exact) mass is 699 g/mol. The lowest BCUT2D eigenvalue weighted by molar-refractivity contribution is -0.129. The van der Waals surface area contributed by atoms with Crippen LogP contribution in [-0.2, 0) is 14.3 Å². The Morgan fingerprint density at radius 3 is 1.28 bits per heavy atom. The molecule has 1 aliphatic heterocycles. The van der Waals surface area contributed by atoms with Gasteiger partial charge >= 0.3 is 0 Å². The normalized spacial score (nSPS) is 17.1. The Labute approximate surface area is 311 Å². The number of likely N-dealkylation sites (tertiary alicyclic amines) is 1. The van der Waals surface area contributed by atoms with Gasteiger partial charge in [-0.2, -0.15) is 0 Å². The molecule has 0 aromatic heterocycles. The summed E-state index contributed by atoms with van der Waals surface area (Å²) in [7, 11) is 3.67. The minimum absolute atomic E-state index is 0.118. The Morgan fingerprint density at radius 2 is 0.900 bits per heavy atom. The van der Waals surface area contributed by atoms with Crippen molar-refractivity contribution in [1.82, 2.24) is 9.80 Å². The molecular weight excluding hydrogens is 617 g/mol. The van der Waals surface area contributed by atoms with Gasteiger partial charge in [-0.3, -0.25) is 9.69 Å². The molecule has 0 N–H and O–H groups in total. The van der Waals surface area contributed by atoms with Crippen molar-refractivity contribution in [2.45, 2.75) is 187 Å². The smallest absolute Gasteiger partial charge is 0.223 e. The summed E-state index contributed by atoms with van der Waals surface area (Å²) in [5.41, 5.74) is 0. The zero-order valence-corrected chi connectivity index (χ0v) is 33.6. The van der Waals surface area contributed by atoms with Crippen LogP contribution in [-0.4, -0.2) is 74.9 Å². The first-order valence-corrected chi connectivity index (χ1v) is 21.3. The average molecular weight is 699 g/mol. The molecule has 1 fully saturated rings. The highest BCUT2D eigenvalue weighted by atomic mass is 16.5. The van der Waals surface area contributed by atoms with Gasteiger partial charge in [0, 0.05) is 53.4 Å². The van der Waals surface area contributed by atoms with Gasteiger partial charge in [0.1, 0.15) is 0 Å². The molecule has 2 atom stereocenters. The number of hydrogen-bond donors (Lipinski definition) is 0. The summed E-state index contributed by atoms with van der Waals surface area (Å²) < 4.78 is 12.8. The second-order valence-corrected chi connectivity index (χ2v) is 14.8. The molecule has 0 aromatic carbocycles. The molecule has 0 unspecified atom stereocenters. The maximum Gasteiger partial charge on any atom is 0.223 e. The molecule has 5 nitrogen and oxygen atoms in total. The maximum atomic E-state index is 12.2. The Morgan fingerprint density at radius 1 is 0.540 bits per heavy atom. The van der Waals surface area contributed by atoms with Crippen LogP contribution in [0.1, 0.15) is 174 Å². The number of unbranched alkanes of at least 4 members (excludes halogenated alkanes) is 18. The van der Waals surface area contributed by atoms with E-state index < -0.39 is 0 Å². The average Bonchev–Trinajstić information content (AvgIpc) is 3.51. The van der Waals surface area contributed by atoms with Gasteiger partial charge in [0.15, 0.2) is 0 Å². The van der Waals surface area contributed by atoms with Crippen LogP contribution in [0.3, 0.4) is 0 Å². The summed E-state index contributed by atoms with van der Waals surface area (Å²) in [6, 6.07) is 0. The van der Waals surface area contributed by atoms with E-state index in [-0.39, 0.29) is 18.1 Å². The highest BCUT2D eigenvalue weighted by Crippen LogP contribution is 2.19. The van der Waals surface area contributed by atoms with E-state index in [9.17, 15) is 4.79 Å². The third-order valence-corrected chi connectivity index (χ3v) is 9.79. The molecule has 1 heterocycles. The van der Waals surface area contributed by atoms with Crippen molar-refractivity contribution in [3.8, 4) is 0 Å². The van der Waals surface area contributed by atoms with Gasteiger partial charge in [-0.1, -0.05) is 140 Å². The van der Waals surface area contributed by atoms with Crippen molar-refractivity contribution in [3.63, 3.8) is 0 Å². The van der Waals surface area contributed by atoms with E-state index in [1.54, 1.807) is 4.90 Å². The van der Waals surface area contributed by atoms with Crippen LogP contribution in [0.5, 0.6) is 0 Å². The molecule has 1 amide bonds. The van der Waals surface area contributed by atoms with Gasteiger partial charge in [0.05, 0.1) is 12.2 Å². The molecule has 1 rings (SSSR count). The third-order valence-electron chi connectivity index (χ3n) is 9.79. The van der Waals surface area contributed by atoms with Crippen LogP contribution < -0.4 is 0 Å². The Kier molecular flexibility index (Phi) is 33.1. The predicted molar refractivity (Wildman–Crippen MR) is 218 cm³/mol. The molecule has 50 heavy (non-hydrogen) atoms. The lowest BCUT2D eigenvalue weighted by Gasteiger charge is -2.20. The standard InChI is InChI=1S/C45H82N2O3/c1-5-7-9-11-13-15-17-19-21-23-25-27-29-31-33-35-39-49-43-41-47(38-37-45(48)46(3)4)42-44(43)50-40-36-34-32-30-28-26-24-22-20-18-16-14-12-10-8-6-2/h13-16,19-22,43-44H,5-12,17-18,23-42H2,1-4H3/t43-,44-/m1/s1. The second-order valence-electron chi connectivity index (χ2n) is 14.8. The van der Waals surface area contributed by atoms with Crippen molar-refractivity contribution >= 4 is 5.91 Å². The first kappa shape index (κ1) is 46.3. The molecule has 0 spiro atoms. The number of hydrogen-bond acceptors (Lipinski definition) is 4. The number of rotatable bonds is 35. The molecule has 5 heteroatoms. The molecule has 0 aliphatic carbocycles. The van der Waals surface area contributed by atoms with E-state index in [1.807, 2.05) is 14.1 Å². The van der Waals surface area contributed by atoms with E-state index >= 15 is 0 Å². The van der Waals surface area contributed by atoms with Gasteiger partial charge < -0.3 is 14.4 Å². The Bertz CT molecular complexity index is 806. The molecule has 1 saturated heterocycles. The number of carbonyl (C=O) groups is 1. The van der Waals surface area contributed by atoms with Crippen molar-refractivity contribution in [2.75, 3.05) is 46.9 Å². The van der Waals surface area contributed by atoms with E-state index in [1.165, 1.54) is 128 Å².